The highest BCUT2D eigenvalue weighted by Crippen LogP contribution is 2.40. The molecule has 2 saturated heterocycles. The first-order valence-electron chi connectivity index (χ1n) is 7.80. The van der Waals surface area contributed by atoms with Crippen LogP contribution in [0.15, 0.2) is 36.5 Å². The monoisotopic (exact) mass is 298 g/mol. The van der Waals surface area contributed by atoms with Crippen LogP contribution in [0.5, 0.6) is 5.75 Å². The van der Waals surface area contributed by atoms with E-state index in [4.69, 9.17) is 4.74 Å². The van der Waals surface area contributed by atoms with Crippen molar-refractivity contribution in [3.8, 4) is 16.9 Å². The van der Waals surface area contributed by atoms with Gasteiger partial charge in [0.25, 0.3) is 0 Å². The Balaban J connectivity index is 1.68. The maximum Gasteiger partial charge on any atom is 0.220 e. The number of ether oxygens (including phenoxy) is 1. The minimum Gasteiger partial charge on any atom is -0.497 e. The molecule has 3 atom stereocenters. The maximum atomic E-state index is 14.2. The molecule has 4 rings (SSSR count). The molecule has 0 amide bonds. The Morgan fingerprint density at radius 2 is 2.05 bits per heavy atom. The topological polar surface area (TPSA) is 34.1 Å². The van der Waals surface area contributed by atoms with Crippen molar-refractivity contribution in [2.75, 3.05) is 7.11 Å². The number of nitrogens with one attached hydrogen (secondary N) is 1. The molecule has 0 radical (unpaired) electrons. The largest absolute Gasteiger partial charge is 0.497 e. The van der Waals surface area contributed by atoms with Gasteiger partial charge in [0.2, 0.25) is 5.95 Å². The van der Waals surface area contributed by atoms with E-state index in [0.717, 1.165) is 23.3 Å². The van der Waals surface area contributed by atoms with E-state index in [1.165, 1.54) is 12.8 Å². The maximum absolute atomic E-state index is 14.2. The van der Waals surface area contributed by atoms with Crippen LogP contribution in [0.4, 0.5) is 4.39 Å². The molecule has 2 aromatic rings. The average Bonchev–Trinajstić information content (AvgIpc) is 3.19. The summed E-state index contributed by atoms with van der Waals surface area (Å²) >= 11 is 0. The molecule has 114 valence electrons. The van der Waals surface area contributed by atoms with Gasteiger partial charge in [-0.25, -0.2) is 4.98 Å². The predicted molar refractivity (Wildman–Crippen MR) is 83.5 cm³/mol. The highest BCUT2D eigenvalue weighted by molar-refractivity contribution is 5.64. The Labute approximate surface area is 129 Å². The van der Waals surface area contributed by atoms with Crippen LogP contribution in [0.2, 0.25) is 0 Å². The summed E-state index contributed by atoms with van der Waals surface area (Å²) in [5.74, 6) is 0.819. The molecular weight excluding hydrogens is 279 g/mol. The number of hydrogen-bond donors (Lipinski definition) is 1. The Morgan fingerprint density at radius 3 is 2.68 bits per heavy atom. The number of hydrogen-bond acceptors (Lipinski definition) is 3. The molecular formula is C18H19FN2O. The number of fused-ring (bicyclic) bond motifs is 2. The van der Waals surface area contributed by atoms with Crippen LogP contribution in [0.25, 0.3) is 11.1 Å². The lowest BCUT2D eigenvalue weighted by molar-refractivity contribution is 0.415. The van der Waals surface area contributed by atoms with Crippen LogP contribution in [-0.4, -0.2) is 24.2 Å². The molecule has 4 heteroatoms. The van der Waals surface area contributed by atoms with Crippen molar-refractivity contribution >= 4 is 0 Å². The molecule has 0 spiro atoms. The second kappa shape index (κ2) is 5.36. The molecule has 2 aliphatic heterocycles. The second-order valence-electron chi connectivity index (χ2n) is 6.23. The fraction of sp³-hybridized carbons (Fsp3) is 0.389. The van der Waals surface area contributed by atoms with Gasteiger partial charge in [-0.05, 0) is 48.6 Å². The second-order valence-corrected chi connectivity index (χ2v) is 6.23. The van der Waals surface area contributed by atoms with Gasteiger partial charge in [-0.2, -0.15) is 4.39 Å². The normalized spacial score (nSPS) is 26.4. The molecule has 1 aromatic heterocycles. The van der Waals surface area contributed by atoms with E-state index in [9.17, 15) is 4.39 Å². The Kier molecular flexibility index (Phi) is 3.34. The van der Waals surface area contributed by atoms with Gasteiger partial charge in [0.1, 0.15) is 5.75 Å². The van der Waals surface area contributed by atoms with E-state index in [2.05, 4.69) is 10.3 Å². The summed E-state index contributed by atoms with van der Waals surface area (Å²) in [5.41, 5.74) is 2.55. The number of aromatic nitrogens is 1. The van der Waals surface area contributed by atoms with Crippen molar-refractivity contribution < 1.29 is 9.13 Å². The first-order valence-corrected chi connectivity index (χ1v) is 7.80. The molecule has 22 heavy (non-hydrogen) atoms. The Hall–Kier alpha value is -1.94. The first-order chi connectivity index (χ1) is 10.7. The van der Waals surface area contributed by atoms with Crippen molar-refractivity contribution in [1.82, 2.24) is 10.3 Å². The van der Waals surface area contributed by atoms with Crippen molar-refractivity contribution in [1.29, 1.82) is 0 Å². The number of halogens is 1. The third kappa shape index (κ3) is 2.28. The molecule has 2 bridgehead atoms. The molecule has 0 saturated carbocycles. The lowest BCUT2D eigenvalue weighted by Gasteiger charge is -2.20. The molecule has 0 aliphatic carbocycles. The van der Waals surface area contributed by atoms with E-state index in [1.54, 1.807) is 13.3 Å². The van der Waals surface area contributed by atoms with Crippen molar-refractivity contribution in [2.24, 2.45) is 0 Å². The molecule has 1 N–H and O–H groups in total. The predicted octanol–water partition coefficient (Wildman–Crippen LogP) is 3.50. The van der Waals surface area contributed by atoms with E-state index in [1.807, 2.05) is 30.3 Å². The molecule has 3 unspecified atom stereocenters. The quantitative estimate of drug-likeness (QED) is 0.881. The number of methoxy groups -OCH3 is 1. The van der Waals surface area contributed by atoms with Gasteiger partial charge in [-0.3, -0.25) is 0 Å². The Morgan fingerprint density at radius 1 is 1.23 bits per heavy atom. The molecule has 2 fully saturated rings. The van der Waals surface area contributed by atoms with Crippen LogP contribution in [0.3, 0.4) is 0 Å². The lowest BCUT2D eigenvalue weighted by atomic mass is 9.84. The van der Waals surface area contributed by atoms with Crippen LogP contribution in [0.1, 0.15) is 30.7 Å². The van der Waals surface area contributed by atoms with Crippen molar-refractivity contribution in [2.45, 2.75) is 37.3 Å². The molecule has 3 nitrogen and oxygen atoms in total. The van der Waals surface area contributed by atoms with E-state index < -0.39 is 5.95 Å². The van der Waals surface area contributed by atoms with E-state index in [-0.39, 0.29) is 0 Å². The van der Waals surface area contributed by atoms with Crippen LogP contribution in [-0.2, 0) is 0 Å². The minimum atomic E-state index is -0.412. The zero-order chi connectivity index (χ0) is 15.1. The van der Waals surface area contributed by atoms with Gasteiger partial charge >= 0.3 is 0 Å². The standard InChI is InChI=1S/C18H19FN2O/c1-22-14-5-2-11(3-6-14)16-8-12(10-20-18(16)19)15-9-13-4-7-17(15)21-13/h2-3,5-6,8,10,13,15,17,21H,4,7,9H2,1H3. The summed E-state index contributed by atoms with van der Waals surface area (Å²) in [6.45, 7) is 0. The summed E-state index contributed by atoms with van der Waals surface area (Å²) in [7, 11) is 1.62. The highest BCUT2D eigenvalue weighted by atomic mass is 19.1. The summed E-state index contributed by atoms with van der Waals surface area (Å²) in [6, 6.07) is 10.6. The molecule has 2 aliphatic rings. The molecule has 1 aromatic carbocycles. The number of rotatable bonds is 3. The number of pyridine rings is 1. The van der Waals surface area contributed by atoms with Crippen molar-refractivity contribution in [3.63, 3.8) is 0 Å². The molecule has 3 heterocycles. The van der Waals surface area contributed by atoms with Crippen molar-refractivity contribution in [3.05, 3.63) is 48.0 Å². The summed E-state index contributed by atoms with van der Waals surface area (Å²) in [5, 5.41) is 3.63. The van der Waals surface area contributed by atoms with Crippen LogP contribution >= 0.6 is 0 Å². The van der Waals surface area contributed by atoms with Gasteiger partial charge in [0, 0.05) is 29.8 Å². The minimum absolute atomic E-state index is 0.412. The fourth-order valence-corrected chi connectivity index (χ4v) is 3.83. The first kappa shape index (κ1) is 13.7. The van der Waals surface area contributed by atoms with Gasteiger partial charge in [0.15, 0.2) is 0 Å². The van der Waals surface area contributed by atoms with Gasteiger partial charge in [-0.1, -0.05) is 12.1 Å². The van der Waals surface area contributed by atoms with Gasteiger partial charge < -0.3 is 10.1 Å². The number of nitrogens with zero attached hydrogens (tertiary/aromatic N) is 1. The van der Waals surface area contributed by atoms with Crippen LogP contribution in [0, 0.1) is 5.95 Å². The average molecular weight is 298 g/mol. The smallest absolute Gasteiger partial charge is 0.220 e. The zero-order valence-electron chi connectivity index (χ0n) is 12.6. The van der Waals surface area contributed by atoms with E-state index >= 15 is 0 Å². The SMILES string of the molecule is COc1ccc(-c2cc(C3CC4CCC3N4)cnc2F)cc1. The third-order valence-corrected chi connectivity index (χ3v) is 4.99. The summed E-state index contributed by atoms with van der Waals surface area (Å²) in [6.07, 6.45) is 5.32. The third-order valence-electron chi connectivity index (χ3n) is 4.99. The Bertz CT molecular complexity index is 686. The number of benzene rings is 1. The fourth-order valence-electron chi connectivity index (χ4n) is 3.83. The lowest BCUT2D eigenvalue weighted by Crippen LogP contribution is -2.21. The summed E-state index contributed by atoms with van der Waals surface area (Å²) < 4.78 is 19.3. The van der Waals surface area contributed by atoms with Gasteiger partial charge in [-0.15, -0.1) is 0 Å². The van der Waals surface area contributed by atoms with E-state index in [0.29, 0.717) is 23.6 Å². The van der Waals surface area contributed by atoms with Gasteiger partial charge in [0.05, 0.1) is 7.11 Å². The van der Waals surface area contributed by atoms with Crippen LogP contribution < -0.4 is 10.1 Å². The summed E-state index contributed by atoms with van der Waals surface area (Å²) in [4.78, 5) is 4.00. The highest BCUT2D eigenvalue weighted by Gasteiger charge is 2.39. The zero-order valence-corrected chi connectivity index (χ0v) is 12.6.